The van der Waals surface area contributed by atoms with Crippen LogP contribution in [-0.2, 0) is 14.3 Å². The van der Waals surface area contributed by atoms with E-state index in [1.165, 1.54) is 0 Å². The first-order chi connectivity index (χ1) is 16.2. The number of carbonyl (C=O) groups is 1. The first-order valence-corrected chi connectivity index (χ1v) is 13.6. The molecular weight excluding hydrogens is 466 g/mol. The lowest BCUT2D eigenvalue weighted by Gasteiger charge is -2.35. The quantitative estimate of drug-likeness (QED) is 0.510. The number of epoxide rings is 1. The highest BCUT2D eigenvalue weighted by molar-refractivity contribution is 7.09. The van der Waals surface area contributed by atoms with Gasteiger partial charge in [-0.1, -0.05) is 34.1 Å². The lowest BCUT2D eigenvalue weighted by molar-refractivity contribution is -0.162. The van der Waals surface area contributed by atoms with E-state index in [9.17, 15) is 20.1 Å². The Hall–Kier alpha value is -1.16. The van der Waals surface area contributed by atoms with Crippen LogP contribution in [0.3, 0.4) is 0 Å². The summed E-state index contributed by atoms with van der Waals surface area (Å²) in [5.41, 5.74) is 0.360. The number of aliphatic hydroxyl groups is 3. The van der Waals surface area contributed by atoms with Crippen molar-refractivity contribution < 1.29 is 29.6 Å². The molecule has 198 valence electrons. The maximum atomic E-state index is 13.2. The molecule has 2 fully saturated rings. The van der Waals surface area contributed by atoms with Crippen LogP contribution in [0.1, 0.15) is 84.3 Å². The SMILES string of the molecule is CC(=Cc1csc(C)n1)[C@@H]1C[C@@H]2O[C@]2(C)CCC[C@H](C)[C@H](O)[C@@H](C)C(=O)C(C)(C)[C@@H](O)C[C@@H](O)O1. The van der Waals surface area contributed by atoms with Crippen molar-refractivity contribution in [1.82, 2.24) is 4.98 Å². The molecule has 0 radical (unpaired) electrons. The number of ketones is 1. The standard InChI is InChI=1S/C27H43NO6S/c1-15-9-8-10-27(7)22(34-27)12-20(16(2)11-19-14-35-18(4)28-19)33-23(30)13-21(29)26(5,6)25(32)17(3)24(15)31/h11,14-15,17,20-24,29-31H,8-10,12-13H2,1-7H3/t15-,17+,20-,21-,22-,23-,24-,27+/m0/s1. The normalized spacial score (nSPS) is 39.8. The summed E-state index contributed by atoms with van der Waals surface area (Å²) in [5, 5.41) is 35.5. The molecule has 0 bridgehead atoms. The van der Waals surface area contributed by atoms with Gasteiger partial charge in [-0.3, -0.25) is 4.79 Å². The van der Waals surface area contributed by atoms with Gasteiger partial charge >= 0.3 is 0 Å². The zero-order valence-corrected chi connectivity index (χ0v) is 23.0. The number of nitrogens with zero attached hydrogens (tertiary/aromatic N) is 1. The number of aryl methyl sites for hydroxylation is 1. The zero-order chi connectivity index (χ0) is 26.1. The van der Waals surface area contributed by atoms with Crippen LogP contribution in [0.15, 0.2) is 11.0 Å². The number of fused-ring (bicyclic) bond motifs is 1. The Kier molecular flexibility index (Phi) is 8.99. The van der Waals surface area contributed by atoms with Gasteiger partial charge in [0, 0.05) is 29.6 Å². The first-order valence-electron chi connectivity index (χ1n) is 12.8. The Morgan fingerprint density at radius 3 is 2.51 bits per heavy atom. The molecule has 0 spiro atoms. The fraction of sp³-hybridized carbons (Fsp3) is 0.778. The molecule has 2 aliphatic heterocycles. The largest absolute Gasteiger partial charge is 0.392 e. The van der Waals surface area contributed by atoms with Crippen molar-refractivity contribution in [2.45, 2.75) is 117 Å². The van der Waals surface area contributed by atoms with Gasteiger partial charge in [0.1, 0.15) is 5.78 Å². The van der Waals surface area contributed by atoms with E-state index in [1.54, 1.807) is 32.1 Å². The Bertz CT molecular complexity index is 913. The average Bonchev–Trinajstić information content (AvgIpc) is 3.22. The smallest absolute Gasteiger partial charge is 0.157 e. The molecule has 0 aromatic carbocycles. The highest BCUT2D eigenvalue weighted by Gasteiger charge is 2.52. The van der Waals surface area contributed by atoms with Crippen molar-refractivity contribution in [2.24, 2.45) is 17.3 Å². The molecule has 8 atom stereocenters. The first kappa shape index (κ1) is 28.4. The monoisotopic (exact) mass is 509 g/mol. The molecule has 7 nitrogen and oxygen atoms in total. The van der Waals surface area contributed by atoms with Gasteiger partial charge in [-0.05, 0) is 51.2 Å². The summed E-state index contributed by atoms with van der Waals surface area (Å²) in [6.07, 6.45) is 1.33. The Morgan fingerprint density at radius 2 is 1.89 bits per heavy atom. The number of aliphatic hydroxyl groups excluding tert-OH is 3. The number of carbonyl (C=O) groups excluding carboxylic acids is 1. The molecule has 0 saturated carbocycles. The van der Waals surface area contributed by atoms with Gasteiger partial charge in [-0.15, -0.1) is 11.3 Å². The average molecular weight is 510 g/mol. The molecule has 2 saturated heterocycles. The van der Waals surface area contributed by atoms with Crippen LogP contribution in [0.5, 0.6) is 0 Å². The molecule has 8 heteroatoms. The lowest BCUT2D eigenvalue weighted by atomic mass is 9.73. The van der Waals surface area contributed by atoms with E-state index < -0.39 is 35.9 Å². The third kappa shape index (κ3) is 6.79. The number of thiazole rings is 1. The highest BCUT2D eigenvalue weighted by Crippen LogP contribution is 2.45. The van der Waals surface area contributed by atoms with E-state index in [4.69, 9.17) is 9.47 Å². The van der Waals surface area contributed by atoms with Gasteiger partial charge in [-0.25, -0.2) is 4.98 Å². The third-order valence-electron chi connectivity index (χ3n) is 8.04. The molecule has 0 aliphatic carbocycles. The topological polar surface area (TPSA) is 112 Å². The molecule has 0 unspecified atom stereocenters. The van der Waals surface area contributed by atoms with Gasteiger partial charge < -0.3 is 24.8 Å². The molecule has 3 heterocycles. The molecular formula is C27H43NO6S. The molecule has 0 amide bonds. The summed E-state index contributed by atoms with van der Waals surface area (Å²) in [5.74, 6) is -0.891. The van der Waals surface area contributed by atoms with Crippen molar-refractivity contribution in [3.05, 3.63) is 21.7 Å². The Labute approximate surface area is 213 Å². The minimum absolute atomic E-state index is 0.00442. The number of rotatable bonds is 2. The van der Waals surface area contributed by atoms with Crippen molar-refractivity contribution >= 4 is 23.2 Å². The second kappa shape index (κ2) is 11.1. The number of hydrogen-bond donors (Lipinski definition) is 3. The number of Topliss-reactive ketones (excluding diaryl/α,β-unsaturated/α-hetero) is 1. The maximum absolute atomic E-state index is 13.2. The van der Waals surface area contributed by atoms with Crippen molar-refractivity contribution in [1.29, 1.82) is 0 Å². The molecule has 1 aromatic heterocycles. The number of hydrogen-bond acceptors (Lipinski definition) is 8. The minimum atomic E-state index is -1.26. The van der Waals surface area contributed by atoms with Crippen LogP contribution < -0.4 is 0 Å². The highest BCUT2D eigenvalue weighted by atomic mass is 32.1. The summed E-state index contributed by atoms with van der Waals surface area (Å²) in [6, 6.07) is 0. The van der Waals surface area contributed by atoms with Crippen LogP contribution >= 0.6 is 11.3 Å². The van der Waals surface area contributed by atoms with E-state index in [0.717, 1.165) is 35.5 Å². The summed E-state index contributed by atoms with van der Waals surface area (Å²) < 4.78 is 12.1. The minimum Gasteiger partial charge on any atom is -0.392 e. The molecule has 3 rings (SSSR count). The third-order valence-corrected chi connectivity index (χ3v) is 8.83. The predicted molar refractivity (Wildman–Crippen MR) is 137 cm³/mol. The fourth-order valence-corrected chi connectivity index (χ4v) is 5.77. The van der Waals surface area contributed by atoms with Crippen molar-refractivity contribution in [3.8, 4) is 0 Å². The van der Waals surface area contributed by atoms with Gasteiger partial charge in [0.25, 0.3) is 0 Å². The zero-order valence-electron chi connectivity index (χ0n) is 22.2. The van der Waals surface area contributed by atoms with Gasteiger partial charge in [-0.2, -0.15) is 0 Å². The van der Waals surface area contributed by atoms with Crippen LogP contribution in [0.4, 0.5) is 0 Å². The van der Waals surface area contributed by atoms with E-state index >= 15 is 0 Å². The molecule has 3 N–H and O–H groups in total. The van der Waals surface area contributed by atoms with E-state index in [0.29, 0.717) is 6.42 Å². The van der Waals surface area contributed by atoms with Crippen molar-refractivity contribution in [2.75, 3.05) is 0 Å². The van der Waals surface area contributed by atoms with E-state index in [1.807, 2.05) is 32.2 Å². The number of ether oxygens (including phenoxy) is 2. The lowest BCUT2D eigenvalue weighted by Crippen LogP contribution is -2.46. The Balaban J connectivity index is 1.85. The van der Waals surface area contributed by atoms with Gasteiger partial charge in [0.2, 0.25) is 0 Å². The predicted octanol–water partition coefficient (Wildman–Crippen LogP) is 4.27. The maximum Gasteiger partial charge on any atom is 0.157 e. The molecule has 1 aromatic rings. The summed E-state index contributed by atoms with van der Waals surface area (Å²) >= 11 is 1.58. The fourth-order valence-electron chi connectivity index (χ4n) is 5.20. The number of aromatic nitrogens is 1. The van der Waals surface area contributed by atoms with E-state index in [-0.39, 0.29) is 29.8 Å². The van der Waals surface area contributed by atoms with Crippen LogP contribution in [-0.4, -0.2) is 62.4 Å². The summed E-state index contributed by atoms with van der Waals surface area (Å²) in [4.78, 5) is 17.7. The van der Waals surface area contributed by atoms with Crippen LogP contribution in [0.25, 0.3) is 6.08 Å². The van der Waals surface area contributed by atoms with Crippen LogP contribution in [0.2, 0.25) is 0 Å². The van der Waals surface area contributed by atoms with Crippen LogP contribution in [0, 0.1) is 24.2 Å². The van der Waals surface area contributed by atoms with Crippen molar-refractivity contribution in [3.63, 3.8) is 0 Å². The van der Waals surface area contributed by atoms with Gasteiger partial charge in [0.05, 0.1) is 40.7 Å². The molecule has 2 aliphatic rings. The second-order valence-electron chi connectivity index (χ2n) is 11.4. The summed E-state index contributed by atoms with van der Waals surface area (Å²) in [6.45, 7) is 13.0. The molecule has 35 heavy (non-hydrogen) atoms. The second-order valence-corrected chi connectivity index (χ2v) is 12.5. The summed E-state index contributed by atoms with van der Waals surface area (Å²) in [7, 11) is 0. The van der Waals surface area contributed by atoms with E-state index in [2.05, 4.69) is 11.9 Å². The van der Waals surface area contributed by atoms with Gasteiger partial charge in [0.15, 0.2) is 6.29 Å². The Morgan fingerprint density at radius 1 is 1.20 bits per heavy atom.